The summed E-state index contributed by atoms with van der Waals surface area (Å²) in [4.78, 5) is 29.3. The van der Waals surface area contributed by atoms with Crippen molar-refractivity contribution in [1.29, 1.82) is 0 Å². The Kier molecular flexibility index (Phi) is 7.08. The zero-order chi connectivity index (χ0) is 21.8. The van der Waals surface area contributed by atoms with E-state index < -0.39 is 0 Å². The molecule has 0 saturated carbocycles. The molecule has 7 heteroatoms. The lowest BCUT2D eigenvalue weighted by Crippen LogP contribution is -2.48. The fraction of sp³-hybridized carbons (Fsp3) is 0.478. The minimum atomic E-state index is -0.310. The molecule has 1 aliphatic rings. The molecule has 2 aromatic rings. The maximum Gasteiger partial charge on any atom is 0.355 e. The molecule has 0 radical (unpaired) electrons. The Morgan fingerprint density at radius 2 is 1.83 bits per heavy atom. The van der Waals surface area contributed by atoms with Gasteiger partial charge in [-0.1, -0.05) is 17.7 Å². The van der Waals surface area contributed by atoms with Gasteiger partial charge in [0.25, 0.3) is 0 Å². The highest BCUT2D eigenvalue weighted by Gasteiger charge is 2.24. The topological polar surface area (TPSA) is 54.8 Å². The molecule has 1 amide bonds. The highest BCUT2D eigenvalue weighted by molar-refractivity contribution is 6.30. The van der Waals surface area contributed by atoms with Crippen LogP contribution in [-0.4, -0.2) is 54.1 Å². The molecular weight excluding hydrogens is 402 g/mol. The Labute approximate surface area is 183 Å². The lowest BCUT2D eigenvalue weighted by molar-refractivity contribution is -0.131. The molecule has 1 aliphatic heterocycles. The van der Waals surface area contributed by atoms with Gasteiger partial charge < -0.3 is 19.1 Å². The van der Waals surface area contributed by atoms with Crippen molar-refractivity contribution in [3.8, 4) is 0 Å². The van der Waals surface area contributed by atoms with Crippen molar-refractivity contribution >= 4 is 29.2 Å². The lowest BCUT2D eigenvalue weighted by Gasteiger charge is -2.36. The molecule has 2 heterocycles. The summed E-state index contributed by atoms with van der Waals surface area (Å²) in [6.45, 7) is 9.05. The number of piperazine rings is 1. The van der Waals surface area contributed by atoms with Crippen molar-refractivity contribution in [2.75, 3.05) is 37.7 Å². The molecule has 162 valence electrons. The molecule has 6 nitrogen and oxygen atoms in total. The molecule has 0 unspecified atom stereocenters. The quantitative estimate of drug-likeness (QED) is 0.653. The average Bonchev–Trinajstić information content (AvgIpc) is 2.95. The van der Waals surface area contributed by atoms with Gasteiger partial charge in [-0.15, -0.1) is 0 Å². The summed E-state index contributed by atoms with van der Waals surface area (Å²) >= 11 is 6.10. The Balaban J connectivity index is 1.59. The molecule has 1 aromatic carbocycles. The number of hydrogen-bond donors (Lipinski definition) is 0. The number of anilines is 1. The molecule has 0 atom stereocenters. The normalized spacial score (nSPS) is 14.2. The number of aromatic nitrogens is 1. The largest absolute Gasteiger partial charge is 0.461 e. The van der Waals surface area contributed by atoms with Crippen molar-refractivity contribution in [3.05, 3.63) is 51.8 Å². The van der Waals surface area contributed by atoms with Crippen LogP contribution in [0.4, 0.5) is 5.69 Å². The zero-order valence-corrected chi connectivity index (χ0v) is 19.0. The van der Waals surface area contributed by atoms with E-state index in [0.717, 1.165) is 40.6 Å². The first-order valence-corrected chi connectivity index (χ1v) is 10.8. The van der Waals surface area contributed by atoms with E-state index >= 15 is 0 Å². The standard InChI is InChI=1S/C23H30ClN3O3/c1-5-30-23(29)22-16(2)20(17(3)25(22)4)9-10-21(28)27-13-11-26(12-14-27)19-8-6-7-18(24)15-19/h6-8,15H,5,9-14H2,1-4H3. The molecule has 1 fully saturated rings. The predicted octanol–water partition coefficient (Wildman–Crippen LogP) is 3.75. The van der Waals surface area contributed by atoms with Gasteiger partial charge in [0.15, 0.2) is 0 Å². The minimum absolute atomic E-state index is 0.154. The summed E-state index contributed by atoms with van der Waals surface area (Å²) < 4.78 is 7.06. The van der Waals surface area contributed by atoms with E-state index in [2.05, 4.69) is 4.90 Å². The van der Waals surface area contributed by atoms with Gasteiger partial charge >= 0.3 is 5.97 Å². The second-order valence-corrected chi connectivity index (χ2v) is 8.10. The number of ether oxygens (including phenoxy) is 1. The summed E-state index contributed by atoms with van der Waals surface area (Å²) in [6, 6.07) is 7.82. The Morgan fingerprint density at radius 3 is 2.47 bits per heavy atom. The second kappa shape index (κ2) is 9.56. The van der Waals surface area contributed by atoms with Gasteiger partial charge in [-0.3, -0.25) is 4.79 Å². The maximum atomic E-state index is 12.8. The summed E-state index contributed by atoms with van der Waals surface area (Å²) in [5.74, 6) is -0.156. The predicted molar refractivity (Wildman–Crippen MR) is 119 cm³/mol. The molecule has 1 aromatic heterocycles. The lowest BCUT2D eigenvalue weighted by atomic mass is 10.0. The third-order valence-corrected chi connectivity index (χ3v) is 6.18. The molecule has 30 heavy (non-hydrogen) atoms. The van der Waals surface area contributed by atoms with E-state index in [9.17, 15) is 9.59 Å². The van der Waals surface area contributed by atoms with E-state index in [1.807, 2.05) is 54.6 Å². The van der Waals surface area contributed by atoms with Gasteiger partial charge in [0.1, 0.15) is 5.69 Å². The highest BCUT2D eigenvalue weighted by atomic mass is 35.5. The van der Waals surface area contributed by atoms with E-state index in [-0.39, 0.29) is 11.9 Å². The van der Waals surface area contributed by atoms with Crippen molar-refractivity contribution in [3.63, 3.8) is 0 Å². The maximum absolute atomic E-state index is 12.8. The van der Waals surface area contributed by atoms with Crippen LogP contribution >= 0.6 is 11.6 Å². The van der Waals surface area contributed by atoms with Crippen LogP contribution in [0.25, 0.3) is 0 Å². The van der Waals surface area contributed by atoms with Gasteiger partial charge in [-0.2, -0.15) is 0 Å². The van der Waals surface area contributed by atoms with Crippen LogP contribution in [0.15, 0.2) is 24.3 Å². The van der Waals surface area contributed by atoms with Crippen LogP contribution in [0.3, 0.4) is 0 Å². The molecule has 0 bridgehead atoms. The average molecular weight is 432 g/mol. The zero-order valence-electron chi connectivity index (χ0n) is 18.2. The van der Waals surface area contributed by atoms with Crippen LogP contribution in [0.2, 0.25) is 5.02 Å². The van der Waals surface area contributed by atoms with Crippen LogP contribution in [0.5, 0.6) is 0 Å². The molecular formula is C23H30ClN3O3. The van der Waals surface area contributed by atoms with Crippen molar-refractivity contribution in [1.82, 2.24) is 9.47 Å². The third kappa shape index (κ3) is 4.64. The first-order chi connectivity index (χ1) is 14.3. The number of esters is 1. The fourth-order valence-corrected chi connectivity index (χ4v) is 4.36. The number of benzene rings is 1. The molecule has 0 spiro atoms. The number of hydrogen-bond acceptors (Lipinski definition) is 4. The summed E-state index contributed by atoms with van der Waals surface area (Å²) in [6.07, 6.45) is 1.06. The van der Waals surface area contributed by atoms with Gasteiger partial charge in [0, 0.05) is 56.1 Å². The van der Waals surface area contributed by atoms with Crippen LogP contribution in [0, 0.1) is 13.8 Å². The van der Waals surface area contributed by atoms with E-state index in [1.54, 1.807) is 6.92 Å². The first-order valence-electron chi connectivity index (χ1n) is 10.4. The van der Waals surface area contributed by atoms with Crippen LogP contribution < -0.4 is 4.90 Å². The summed E-state index contributed by atoms with van der Waals surface area (Å²) in [7, 11) is 1.87. The first kappa shape index (κ1) is 22.2. The van der Waals surface area contributed by atoms with Gasteiger partial charge in [0.05, 0.1) is 6.61 Å². The van der Waals surface area contributed by atoms with Gasteiger partial charge in [0.2, 0.25) is 5.91 Å². The fourth-order valence-electron chi connectivity index (χ4n) is 4.17. The Hall–Kier alpha value is -2.47. The minimum Gasteiger partial charge on any atom is -0.461 e. The summed E-state index contributed by atoms with van der Waals surface area (Å²) in [5.41, 5.74) is 4.65. The van der Waals surface area contributed by atoms with Gasteiger partial charge in [-0.25, -0.2) is 4.79 Å². The molecule has 3 rings (SSSR count). The van der Waals surface area contributed by atoms with E-state index in [1.165, 1.54) is 0 Å². The smallest absolute Gasteiger partial charge is 0.355 e. The number of amides is 1. The van der Waals surface area contributed by atoms with E-state index in [4.69, 9.17) is 16.3 Å². The van der Waals surface area contributed by atoms with Gasteiger partial charge in [-0.05, 0) is 56.5 Å². The van der Waals surface area contributed by atoms with E-state index in [0.29, 0.717) is 38.2 Å². The number of halogens is 1. The number of rotatable bonds is 6. The van der Waals surface area contributed by atoms with Crippen molar-refractivity contribution < 1.29 is 14.3 Å². The third-order valence-electron chi connectivity index (χ3n) is 5.95. The highest BCUT2D eigenvalue weighted by Crippen LogP contribution is 2.24. The molecule has 0 N–H and O–H groups in total. The molecule has 0 aliphatic carbocycles. The Bertz CT molecular complexity index is 930. The summed E-state index contributed by atoms with van der Waals surface area (Å²) in [5, 5.41) is 0.724. The SMILES string of the molecule is CCOC(=O)c1c(C)c(CCC(=O)N2CCN(c3cccc(Cl)c3)CC2)c(C)n1C. The van der Waals surface area contributed by atoms with Crippen molar-refractivity contribution in [2.24, 2.45) is 7.05 Å². The van der Waals surface area contributed by atoms with Crippen molar-refractivity contribution in [2.45, 2.75) is 33.6 Å². The number of nitrogens with zero attached hydrogens (tertiary/aromatic N) is 3. The number of carbonyl (C=O) groups excluding carboxylic acids is 2. The second-order valence-electron chi connectivity index (χ2n) is 7.66. The molecule has 1 saturated heterocycles. The van der Waals surface area contributed by atoms with Crippen LogP contribution in [0.1, 0.15) is 40.7 Å². The number of carbonyl (C=O) groups is 2. The van der Waals surface area contributed by atoms with Crippen LogP contribution in [-0.2, 0) is 23.0 Å². The monoisotopic (exact) mass is 431 g/mol. The Morgan fingerprint density at radius 1 is 1.13 bits per heavy atom.